The minimum absolute atomic E-state index is 0.0112. The van der Waals surface area contributed by atoms with E-state index in [-0.39, 0.29) is 11.8 Å². The molecule has 1 atom stereocenters. The molecule has 4 rings (SSSR count). The van der Waals surface area contributed by atoms with E-state index < -0.39 is 11.7 Å². The molecule has 2 aliphatic heterocycles. The number of methoxy groups -OCH3 is 1. The van der Waals surface area contributed by atoms with Gasteiger partial charge < -0.3 is 24.3 Å². The van der Waals surface area contributed by atoms with Crippen molar-refractivity contribution in [2.45, 2.75) is 44.9 Å². The van der Waals surface area contributed by atoms with Crippen LogP contribution in [0.1, 0.15) is 42.9 Å². The lowest BCUT2D eigenvalue weighted by molar-refractivity contribution is -0.172. The van der Waals surface area contributed by atoms with Crippen molar-refractivity contribution in [1.29, 1.82) is 0 Å². The highest BCUT2D eigenvalue weighted by Gasteiger charge is 2.47. The van der Waals surface area contributed by atoms with Crippen molar-refractivity contribution in [3.8, 4) is 5.75 Å². The van der Waals surface area contributed by atoms with Gasteiger partial charge in [0.25, 0.3) is 11.8 Å². The van der Waals surface area contributed by atoms with Gasteiger partial charge in [-0.15, -0.1) is 0 Å². The van der Waals surface area contributed by atoms with Crippen LogP contribution in [-0.4, -0.2) is 59.1 Å². The van der Waals surface area contributed by atoms with Crippen LogP contribution in [0.5, 0.6) is 5.75 Å². The predicted molar refractivity (Wildman–Crippen MR) is 115 cm³/mol. The van der Waals surface area contributed by atoms with Crippen molar-refractivity contribution in [3.05, 3.63) is 48.0 Å². The van der Waals surface area contributed by atoms with E-state index in [2.05, 4.69) is 24.1 Å². The number of imidazole rings is 1. The molecule has 8 nitrogen and oxygen atoms in total. The van der Waals surface area contributed by atoms with Gasteiger partial charge in [0.1, 0.15) is 17.2 Å². The average Bonchev–Trinajstić information content (AvgIpc) is 3.27. The molecule has 3 heterocycles. The summed E-state index contributed by atoms with van der Waals surface area (Å²) < 4.78 is 13.6. The van der Waals surface area contributed by atoms with E-state index in [4.69, 9.17) is 9.47 Å². The van der Waals surface area contributed by atoms with Gasteiger partial charge in [0.15, 0.2) is 6.10 Å². The summed E-state index contributed by atoms with van der Waals surface area (Å²) in [5.41, 5.74) is -0.0214. The van der Waals surface area contributed by atoms with Crippen molar-refractivity contribution >= 4 is 11.8 Å². The number of carbonyl (C=O) groups is 2. The van der Waals surface area contributed by atoms with E-state index in [0.29, 0.717) is 50.5 Å². The third-order valence-electron chi connectivity index (χ3n) is 6.03. The fourth-order valence-electron chi connectivity index (χ4n) is 4.28. The Labute approximate surface area is 182 Å². The molecule has 0 aliphatic carbocycles. The predicted octanol–water partition coefficient (Wildman–Crippen LogP) is 2.19. The molecule has 1 N–H and O–H groups in total. The van der Waals surface area contributed by atoms with Crippen LogP contribution in [-0.2, 0) is 21.7 Å². The Morgan fingerprint density at radius 1 is 1.26 bits per heavy atom. The molecule has 2 amide bonds. The number of ether oxygens (including phenoxy) is 2. The third-order valence-corrected chi connectivity index (χ3v) is 6.03. The topological polar surface area (TPSA) is 85.7 Å². The minimum Gasteiger partial charge on any atom is -0.497 e. The molecule has 31 heavy (non-hydrogen) atoms. The van der Waals surface area contributed by atoms with Gasteiger partial charge >= 0.3 is 0 Å². The van der Waals surface area contributed by atoms with Crippen LogP contribution in [0.15, 0.2) is 36.7 Å². The lowest BCUT2D eigenvalue weighted by Gasteiger charge is -2.45. The first kappa shape index (κ1) is 21.4. The Morgan fingerprint density at radius 3 is 2.61 bits per heavy atom. The van der Waals surface area contributed by atoms with E-state index in [1.165, 1.54) is 0 Å². The number of rotatable bonds is 5. The maximum atomic E-state index is 12.9. The first-order valence-electron chi connectivity index (χ1n) is 10.8. The van der Waals surface area contributed by atoms with Crippen molar-refractivity contribution in [1.82, 2.24) is 19.8 Å². The van der Waals surface area contributed by atoms with Gasteiger partial charge in [-0.1, -0.05) is 13.8 Å². The average molecular weight is 427 g/mol. The number of piperidine rings is 1. The summed E-state index contributed by atoms with van der Waals surface area (Å²) in [5.74, 6) is 1.83. The standard InChI is InChI=1S/C23H30N4O4/c1-16(2)14-25-20(28)19-15-27-13-10-24-22(27)23(31-19)8-11-26(12-9-23)21(29)17-4-6-18(30-3)7-5-17/h4-7,10,13,16,19H,8-9,11-12,14-15H2,1-3H3,(H,25,28)/t19-/m1/s1. The van der Waals surface area contributed by atoms with E-state index in [9.17, 15) is 9.59 Å². The Hall–Kier alpha value is -2.87. The number of fused-ring (bicyclic) bond motifs is 2. The van der Waals surface area contributed by atoms with Crippen molar-refractivity contribution in [2.24, 2.45) is 5.92 Å². The first-order valence-corrected chi connectivity index (χ1v) is 10.8. The number of hydrogen-bond acceptors (Lipinski definition) is 5. The summed E-state index contributed by atoms with van der Waals surface area (Å²) in [6.45, 7) is 6.28. The monoisotopic (exact) mass is 426 g/mol. The zero-order chi connectivity index (χ0) is 22.0. The summed E-state index contributed by atoms with van der Waals surface area (Å²) in [6.07, 6.45) is 4.28. The van der Waals surface area contributed by atoms with Crippen LogP contribution in [0.2, 0.25) is 0 Å². The maximum absolute atomic E-state index is 12.9. The molecule has 0 radical (unpaired) electrons. The number of hydrogen-bond donors (Lipinski definition) is 1. The molecule has 0 unspecified atom stereocenters. The van der Waals surface area contributed by atoms with E-state index in [1.54, 1.807) is 37.6 Å². The smallest absolute Gasteiger partial charge is 0.253 e. The summed E-state index contributed by atoms with van der Waals surface area (Å²) in [6, 6.07) is 7.15. The molecule has 1 spiro atoms. The molecule has 0 bridgehead atoms. The molecular weight excluding hydrogens is 396 g/mol. The van der Waals surface area contributed by atoms with Crippen LogP contribution in [0.3, 0.4) is 0 Å². The van der Waals surface area contributed by atoms with Gasteiger partial charge in [0.2, 0.25) is 0 Å². The second-order valence-corrected chi connectivity index (χ2v) is 8.66. The first-order chi connectivity index (χ1) is 14.9. The Balaban J connectivity index is 1.47. The fourth-order valence-corrected chi connectivity index (χ4v) is 4.28. The molecule has 0 saturated carbocycles. The van der Waals surface area contributed by atoms with Gasteiger partial charge in [0, 0.05) is 50.4 Å². The molecule has 166 valence electrons. The summed E-state index contributed by atoms with van der Waals surface area (Å²) in [4.78, 5) is 32.0. The second-order valence-electron chi connectivity index (χ2n) is 8.66. The lowest BCUT2D eigenvalue weighted by atomic mass is 9.88. The molecule has 1 fully saturated rings. The van der Waals surface area contributed by atoms with Gasteiger partial charge in [0.05, 0.1) is 13.7 Å². The van der Waals surface area contributed by atoms with Crippen molar-refractivity contribution < 1.29 is 19.1 Å². The molecule has 1 saturated heterocycles. The molecule has 2 aromatic rings. The minimum atomic E-state index is -0.654. The quantitative estimate of drug-likeness (QED) is 0.792. The van der Waals surface area contributed by atoms with E-state index in [0.717, 1.165) is 11.6 Å². The largest absolute Gasteiger partial charge is 0.497 e. The zero-order valence-corrected chi connectivity index (χ0v) is 18.3. The normalized spacial score (nSPS) is 19.9. The SMILES string of the molecule is COc1ccc(C(=O)N2CCC3(CC2)O[C@@H](C(=O)NCC(C)C)Cn2ccnc23)cc1. The fraction of sp³-hybridized carbons (Fsp3) is 0.522. The van der Waals surface area contributed by atoms with Crippen LogP contribution in [0, 0.1) is 5.92 Å². The van der Waals surface area contributed by atoms with Crippen LogP contribution in [0.25, 0.3) is 0 Å². The van der Waals surface area contributed by atoms with Gasteiger partial charge in [-0.25, -0.2) is 4.98 Å². The van der Waals surface area contributed by atoms with Gasteiger partial charge in [-0.2, -0.15) is 0 Å². The third kappa shape index (κ3) is 4.30. The molecule has 8 heteroatoms. The number of aromatic nitrogens is 2. The van der Waals surface area contributed by atoms with Gasteiger partial charge in [-0.3, -0.25) is 9.59 Å². The molecule has 1 aromatic carbocycles. The molecular formula is C23H30N4O4. The number of benzene rings is 1. The highest BCUT2D eigenvalue weighted by molar-refractivity contribution is 5.94. The Morgan fingerprint density at radius 2 is 1.97 bits per heavy atom. The number of nitrogens with one attached hydrogen (secondary N) is 1. The Bertz CT molecular complexity index is 929. The number of nitrogens with zero attached hydrogens (tertiary/aromatic N) is 3. The van der Waals surface area contributed by atoms with Crippen LogP contribution < -0.4 is 10.1 Å². The number of likely N-dealkylation sites (tertiary alicyclic amines) is 1. The summed E-state index contributed by atoms with van der Waals surface area (Å²) in [7, 11) is 1.60. The number of carbonyl (C=O) groups excluding carboxylic acids is 2. The highest BCUT2D eigenvalue weighted by atomic mass is 16.5. The summed E-state index contributed by atoms with van der Waals surface area (Å²) in [5, 5.41) is 2.98. The maximum Gasteiger partial charge on any atom is 0.253 e. The number of amides is 2. The van der Waals surface area contributed by atoms with Crippen LogP contribution >= 0.6 is 0 Å². The van der Waals surface area contributed by atoms with Crippen LogP contribution in [0.4, 0.5) is 0 Å². The van der Waals surface area contributed by atoms with Gasteiger partial charge in [-0.05, 0) is 30.2 Å². The van der Waals surface area contributed by atoms with Crippen molar-refractivity contribution in [2.75, 3.05) is 26.7 Å². The summed E-state index contributed by atoms with van der Waals surface area (Å²) >= 11 is 0. The highest BCUT2D eigenvalue weighted by Crippen LogP contribution is 2.40. The van der Waals surface area contributed by atoms with E-state index in [1.807, 2.05) is 15.7 Å². The Kier molecular flexibility index (Phi) is 6.00. The van der Waals surface area contributed by atoms with Crippen molar-refractivity contribution in [3.63, 3.8) is 0 Å². The molecule has 1 aromatic heterocycles. The second kappa shape index (κ2) is 8.70. The zero-order valence-electron chi connectivity index (χ0n) is 18.3. The lowest BCUT2D eigenvalue weighted by Crippen LogP contribution is -2.55. The molecule has 2 aliphatic rings. The van der Waals surface area contributed by atoms with E-state index >= 15 is 0 Å².